The lowest BCUT2D eigenvalue weighted by molar-refractivity contribution is 0.0646. The number of nitrogens with zero attached hydrogens (tertiary/aromatic N) is 3. The molecule has 2 saturated heterocycles. The van der Waals surface area contributed by atoms with Crippen LogP contribution in [0.25, 0.3) is 6.08 Å². The van der Waals surface area contributed by atoms with E-state index in [1.807, 2.05) is 0 Å². The van der Waals surface area contributed by atoms with E-state index in [0.29, 0.717) is 0 Å². The maximum atomic E-state index is 2.74. The first kappa shape index (κ1) is 16.7. The number of hydrogen-bond acceptors (Lipinski definition) is 3. The van der Waals surface area contributed by atoms with Crippen LogP contribution in [0, 0.1) is 0 Å². The van der Waals surface area contributed by atoms with Crippen molar-refractivity contribution in [3.63, 3.8) is 0 Å². The molecule has 0 N–H and O–H groups in total. The number of piperazine rings is 1. The smallest absolute Gasteiger partial charge is 0.0167 e. The van der Waals surface area contributed by atoms with Crippen LogP contribution in [0.3, 0.4) is 0 Å². The maximum Gasteiger partial charge on any atom is 0.0167 e. The molecule has 2 heterocycles. The highest BCUT2D eigenvalue weighted by Gasteiger charge is 2.26. The zero-order valence-electron chi connectivity index (χ0n) is 14.5. The van der Waals surface area contributed by atoms with Gasteiger partial charge in [0.1, 0.15) is 0 Å². The highest BCUT2D eigenvalue weighted by Crippen LogP contribution is 2.18. The van der Waals surface area contributed by atoms with Crippen molar-refractivity contribution < 1.29 is 0 Å². The second-order valence-electron chi connectivity index (χ2n) is 6.82. The maximum absolute atomic E-state index is 2.74. The molecule has 3 rings (SSSR count). The fourth-order valence-corrected chi connectivity index (χ4v) is 3.81. The summed E-state index contributed by atoms with van der Waals surface area (Å²) < 4.78 is 0. The summed E-state index contributed by atoms with van der Waals surface area (Å²) >= 11 is 0. The van der Waals surface area contributed by atoms with E-state index in [-0.39, 0.29) is 0 Å². The second-order valence-corrected chi connectivity index (χ2v) is 6.82. The van der Waals surface area contributed by atoms with Gasteiger partial charge < -0.3 is 4.90 Å². The van der Waals surface area contributed by atoms with Crippen molar-refractivity contribution >= 4 is 6.08 Å². The summed E-state index contributed by atoms with van der Waals surface area (Å²) in [6.45, 7) is 12.1. The fraction of sp³-hybridized carbons (Fsp3) is 0.600. The van der Waals surface area contributed by atoms with Crippen LogP contribution in [0.5, 0.6) is 0 Å². The molecule has 0 spiro atoms. The van der Waals surface area contributed by atoms with Gasteiger partial charge in [0, 0.05) is 38.8 Å². The van der Waals surface area contributed by atoms with E-state index in [0.717, 1.165) is 12.6 Å². The van der Waals surface area contributed by atoms with Crippen LogP contribution in [-0.2, 0) is 0 Å². The zero-order valence-corrected chi connectivity index (χ0v) is 14.5. The summed E-state index contributed by atoms with van der Waals surface area (Å²) in [6.07, 6.45) is 7.28. The van der Waals surface area contributed by atoms with Gasteiger partial charge in [-0.25, -0.2) is 0 Å². The van der Waals surface area contributed by atoms with E-state index < -0.39 is 0 Å². The summed E-state index contributed by atoms with van der Waals surface area (Å²) in [6, 6.07) is 11.4. The molecule has 3 heteroatoms. The van der Waals surface area contributed by atoms with Gasteiger partial charge >= 0.3 is 0 Å². The highest BCUT2D eigenvalue weighted by molar-refractivity contribution is 5.48. The van der Waals surface area contributed by atoms with Crippen LogP contribution in [0.1, 0.15) is 25.3 Å². The molecule has 0 unspecified atom stereocenters. The van der Waals surface area contributed by atoms with Gasteiger partial charge in [-0.15, -0.1) is 0 Å². The van der Waals surface area contributed by atoms with Gasteiger partial charge in [0.25, 0.3) is 0 Å². The topological polar surface area (TPSA) is 9.72 Å². The largest absolute Gasteiger partial charge is 0.303 e. The Balaban J connectivity index is 1.38. The molecule has 0 aliphatic carbocycles. The van der Waals surface area contributed by atoms with Crippen molar-refractivity contribution in [3.05, 3.63) is 42.0 Å². The minimum absolute atomic E-state index is 0.833. The summed E-state index contributed by atoms with van der Waals surface area (Å²) in [7, 11) is 0. The van der Waals surface area contributed by atoms with Gasteiger partial charge in [0.15, 0.2) is 0 Å². The fourth-order valence-electron chi connectivity index (χ4n) is 3.81. The molecule has 0 radical (unpaired) electrons. The monoisotopic (exact) mass is 313 g/mol. The lowest BCUT2D eigenvalue weighted by Crippen LogP contribution is -2.53. The van der Waals surface area contributed by atoms with Crippen molar-refractivity contribution in [3.8, 4) is 0 Å². The molecule has 3 nitrogen and oxygen atoms in total. The van der Waals surface area contributed by atoms with E-state index in [1.54, 1.807) is 0 Å². The van der Waals surface area contributed by atoms with E-state index >= 15 is 0 Å². The number of likely N-dealkylation sites (tertiary alicyclic amines) is 1. The molecule has 0 aromatic heterocycles. The molecule has 1 aromatic carbocycles. The number of benzene rings is 1. The molecule has 0 amide bonds. The van der Waals surface area contributed by atoms with E-state index in [1.165, 1.54) is 64.2 Å². The van der Waals surface area contributed by atoms with Crippen LogP contribution in [0.4, 0.5) is 0 Å². The third kappa shape index (κ3) is 4.90. The number of hydrogen-bond donors (Lipinski definition) is 0. The van der Waals surface area contributed by atoms with Crippen molar-refractivity contribution in [1.82, 2.24) is 14.7 Å². The third-order valence-electron chi connectivity index (χ3n) is 5.40. The second kappa shape index (κ2) is 8.62. The lowest BCUT2D eigenvalue weighted by atomic mass is 10.0. The number of piperidine rings is 1. The first-order valence-corrected chi connectivity index (χ1v) is 9.25. The summed E-state index contributed by atoms with van der Waals surface area (Å²) in [5.41, 5.74) is 1.30. The van der Waals surface area contributed by atoms with Gasteiger partial charge in [-0.1, -0.05) is 49.4 Å². The van der Waals surface area contributed by atoms with E-state index in [4.69, 9.17) is 0 Å². The predicted octanol–water partition coefficient (Wildman–Crippen LogP) is 2.80. The molecule has 2 fully saturated rings. The SMILES string of the molecule is CCN1CCC(N2CCN(C/C=C\c3ccccc3)CC2)CC1. The summed E-state index contributed by atoms with van der Waals surface area (Å²) in [5.74, 6) is 0. The molecule has 2 aliphatic heterocycles. The molecule has 1 aromatic rings. The van der Waals surface area contributed by atoms with Gasteiger partial charge in [-0.2, -0.15) is 0 Å². The molecular weight excluding hydrogens is 282 g/mol. The molecule has 0 bridgehead atoms. The first-order chi connectivity index (χ1) is 11.3. The molecule has 0 atom stereocenters. The van der Waals surface area contributed by atoms with Gasteiger partial charge in [-0.05, 0) is 38.0 Å². The Kier molecular flexibility index (Phi) is 6.26. The molecule has 0 saturated carbocycles. The average molecular weight is 313 g/mol. The third-order valence-corrected chi connectivity index (χ3v) is 5.40. The average Bonchev–Trinajstić information content (AvgIpc) is 2.63. The van der Waals surface area contributed by atoms with E-state index in [2.05, 4.69) is 64.1 Å². The normalized spacial score (nSPS) is 22.8. The van der Waals surface area contributed by atoms with Gasteiger partial charge in [0.2, 0.25) is 0 Å². The minimum atomic E-state index is 0.833. The summed E-state index contributed by atoms with van der Waals surface area (Å²) in [5, 5.41) is 0. The molecule has 126 valence electrons. The summed E-state index contributed by atoms with van der Waals surface area (Å²) in [4.78, 5) is 7.91. The van der Waals surface area contributed by atoms with Crippen molar-refractivity contribution in [1.29, 1.82) is 0 Å². The standard InChI is InChI=1S/C20H31N3/c1-2-21-13-10-20(11-14-21)23-17-15-22(16-18-23)12-6-9-19-7-4-3-5-8-19/h3-9,20H,2,10-18H2,1H3/b9-6-. The Bertz CT molecular complexity index is 469. The van der Waals surface area contributed by atoms with Crippen LogP contribution in [0.2, 0.25) is 0 Å². The molecular formula is C20H31N3. The van der Waals surface area contributed by atoms with Crippen LogP contribution in [-0.4, -0.2) is 73.1 Å². The Morgan fingerprint density at radius 1 is 0.913 bits per heavy atom. The van der Waals surface area contributed by atoms with E-state index in [9.17, 15) is 0 Å². The van der Waals surface area contributed by atoms with Crippen LogP contribution in [0.15, 0.2) is 36.4 Å². The highest BCUT2D eigenvalue weighted by atomic mass is 15.3. The van der Waals surface area contributed by atoms with Crippen molar-refractivity contribution in [2.75, 3.05) is 52.4 Å². The predicted molar refractivity (Wildman–Crippen MR) is 98.6 cm³/mol. The van der Waals surface area contributed by atoms with Crippen molar-refractivity contribution in [2.45, 2.75) is 25.8 Å². The lowest BCUT2D eigenvalue weighted by Gasteiger charge is -2.42. The van der Waals surface area contributed by atoms with Gasteiger partial charge in [-0.3, -0.25) is 9.80 Å². The number of rotatable bonds is 5. The molecule has 2 aliphatic rings. The Hall–Kier alpha value is -1.16. The van der Waals surface area contributed by atoms with Gasteiger partial charge in [0.05, 0.1) is 0 Å². The first-order valence-electron chi connectivity index (χ1n) is 9.25. The Labute approximate surface area is 141 Å². The Morgan fingerprint density at radius 2 is 1.61 bits per heavy atom. The Morgan fingerprint density at radius 3 is 2.26 bits per heavy atom. The van der Waals surface area contributed by atoms with Crippen LogP contribution >= 0.6 is 0 Å². The minimum Gasteiger partial charge on any atom is -0.303 e. The molecule has 23 heavy (non-hydrogen) atoms. The van der Waals surface area contributed by atoms with Crippen LogP contribution < -0.4 is 0 Å². The quantitative estimate of drug-likeness (QED) is 0.827. The zero-order chi connectivity index (χ0) is 15.9. The van der Waals surface area contributed by atoms with Crippen molar-refractivity contribution in [2.24, 2.45) is 0 Å².